The monoisotopic (exact) mass is 153 g/mol. The molecule has 0 unspecified atom stereocenters. The quantitative estimate of drug-likeness (QED) is 0.568. The van der Waals surface area contributed by atoms with Crippen LogP contribution >= 0.6 is 0 Å². The Morgan fingerprint density at radius 3 is 2.36 bits per heavy atom. The maximum absolute atomic E-state index is 6.09. The van der Waals surface area contributed by atoms with Crippen LogP contribution in [0.5, 0.6) is 0 Å². The number of hydrogen-bond donors (Lipinski definition) is 1. The molecular formula is C10H19N. The van der Waals surface area contributed by atoms with Crippen LogP contribution in [-0.2, 0) is 0 Å². The Hall–Kier alpha value is -0.0400. The van der Waals surface area contributed by atoms with Gasteiger partial charge in [0, 0.05) is 6.04 Å². The summed E-state index contributed by atoms with van der Waals surface area (Å²) in [7, 11) is 0. The summed E-state index contributed by atoms with van der Waals surface area (Å²) in [6.07, 6.45) is 9.95. The van der Waals surface area contributed by atoms with E-state index in [1.54, 1.807) is 0 Å². The molecule has 0 aromatic carbocycles. The van der Waals surface area contributed by atoms with Crippen molar-refractivity contribution in [3.63, 3.8) is 0 Å². The highest BCUT2D eigenvalue weighted by molar-refractivity contribution is 4.86. The first-order valence-electron chi connectivity index (χ1n) is 5.13. The van der Waals surface area contributed by atoms with Gasteiger partial charge in [-0.05, 0) is 24.7 Å². The zero-order valence-electron chi connectivity index (χ0n) is 7.26. The lowest BCUT2D eigenvalue weighted by Crippen LogP contribution is -2.40. The van der Waals surface area contributed by atoms with E-state index in [4.69, 9.17) is 5.73 Å². The molecule has 0 heterocycles. The van der Waals surface area contributed by atoms with Gasteiger partial charge in [-0.15, -0.1) is 0 Å². The van der Waals surface area contributed by atoms with Gasteiger partial charge in [0.05, 0.1) is 0 Å². The smallest absolute Gasteiger partial charge is 0.00698 e. The number of nitrogens with two attached hydrogens (primary N) is 1. The average Bonchev–Trinajstić information content (AvgIpc) is 2.06. The van der Waals surface area contributed by atoms with Crippen LogP contribution in [0.4, 0.5) is 0 Å². The third-order valence-corrected chi connectivity index (χ3v) is 3.63. The molecule has 2 rings (SSSR count). The Kier molecular flexibility index (Phi) is 2.17. The second-order valence-corrected chi connectivity index (χ2v) is 4.30. The van der Waals surface area contributed by atoms with Crippen LogP contribution in [0.3, 0.4) is 0 Å². The zero-order valence-corrected chi connectivity index (χ0v) is 7.26. The van der Waals surface area contributed by atoms with Crippen molar-refractivity contribution in [3.8, 4) is 0 Å². The molecule has 2 saturated carbocycles. The fraction of sp³-hybridized carbons (Fsp3) is 1.00. The average molecular weight is 153 g/mol. The minimum Gasteiger partial charge on any atom is -0.327 e. The van der Waals surface area contributed by atoms with E-state index >= 15 is 0 Å². The summed E-state index contributed by atoms with van der Waals surface area (Å²) in [6.45, 7) is 0. The number of rotatable bonds is 0. The molecule has 3 atom stereocenters. The molecule has 0 saturated heterocycles. The molecule has 1 nitrogen and oxygen atoms in total. The molecule has 0 aromatic rings. The Labute approximate surface area is 69.4 Å². The Balaban J connectivity index is 1.99. The summed E-state index contributed by atoms with van der Waals surface area (Å²) in [4.78, 5) is 0. The molecular weight excluding hydrogens is 134 g/mol. The summed E-state index contributed by atoms with van der Waals surface area (Å²) >= 11 is 0. The second kappa shape index (κ2) is 3.14. The molecule has 64 valence electrons. The van der Waals surface area contributed by atoms with E-state index < -0.39 is 0 Å². The topological polar surface area (TPSA) is 26.0 Å². The molecule has 0 amide bonds. The van der Waals surface area contributed by atoms with Gasteiger partial charge < -0.3 is 5.73 Å². The predicted molar refractivity (Wildman–Crippen MR) is 47.3 cm³/mol. The fourth-order valence-electron chi connectivity index (χ4n) is 2.99. The molecule has 2 fully saturated rings. The second-order valence-electron chi connectivity index (χ2n) is 4.30. The largest absolute Gasteiger partial charge is 0.327 e. The summed E-state index contributed by atoms with van der Waals surface area (Å²) in [5.74, 6) is 1.91. The van der Waals surface area contributed by atoms with Crippen LogP contribution in [0.15, 0.2) is 0 Å². The van der Waals surface area contributed by atoms with Gasteiger partial charge in [-0.3, -0.25) is 0 Å². The van der Waals surface area contributed by atoms with Crippen molar-refractivity contribution in [1.82, 2.24) is 0 Å². The molecule has 2 aliphatic carbocycles. The Morgan fingerprint density at radius 1 is 0.818 bits per heavy atom. The molecule has 0 aliphatic heterocycles. The van der Waals surface area contributed by atoms with Crippen LogP contribution in [0.25, 0.3) is 0 Å². The van der Waals surface area contributed by atoms with E-state index in [0.717, 1.165) is 11.8 Å². The predicted octanol–water partition coefficient (Wildman–Crippen LogP) is 2.30. The third-order valence-electron chi connectivity index (χ3n) is 3.63. The third kappa shape index (κ3) is 1.44. The van der Waals surface area contributed by atoms with Crippen LogP contribution in [0.2, 0.25) is 0 Å². The van der Waals surface area contributed by atoms with Crippen LogP contribution in [0, 0.1) is 11.8 Å². The lowest BCUT2D eigenvalue weighted by atomic mass is 9.69. The van der Waals surface area contributed by atoms with Gasteiger partial charge in [-0.25, -0.2) is 0 Å². The lowest BCUT2D eigenvalue weighted by molar-refractivity contribution is 0.146. The summed E-state index contributed by atoms with van der Waals surface area (Å²) < 4.78 is 0. The van der Waals surface area contributed by atoms with Crippen molar-refractivity contribution in [2.45, 2.75) is 51.0 Å². The number of hydrogen-bond acceptors (Lipinski definition) is 1. The van der Waals surface area contributed by atoms with Crippen molar-refractivity contribution in [2.75, 3.05) is 0 Å². The fourth-order valence-corrected chi connectivity index (χ4v) is 2.99. The summed E-state index contributed by atoms with van der Waals surface area (Å²) in [5.41, 5.74) is 6.09. The molecule has 0 radical (unpaired) electrons. The van der Waals surface area contributed by atoms with Gasteiger partial charge in [0.1, 0.15) is 0 Å². The van der Waals surface area contributed by atoms with Crippen molar-refractivity contribution >= 4 is 0 Å². The molecule has 2 N–H and O–H groups in total. The molecule has 0 aromatic heterocycles. The van der Waals surface area contributed by atoms with E-state index in [1.165, 1.54) is 44.9 Å². The first-order chi connectivity index (χ1) is 5.38. The van der Waals surface area contributed by atoms with Gasteiger partial charge in [0.25, 0.3) is 0 Å². The molecule has 2 aliphatic rings. The Bertz CT molecular complexity index is 131. The lowest BCUT2D eigenvalue weighted by Gasteiger charge is -2.39. The molecule has 1 heteroatoms. The Morgan fingerprint density at radius 2 is 1.55 bits per heavy atom. The van der Waals surface area contributed by atoms with Crippen LogP contribution < -0.4 is 5.73 Å². The summed E-state index contributed by atoms with van der Waals surface area (Å²) in [6, 6.07) is 0.550. The minimum absolute atomic E-state index is 0.550. The first-order valence-corrected chi connectivity index (χ1v) is 5.13. The highest BCUT2D eigenvalue weighted by atomic mass is 14.7. The van der Waals surface area contributed by atoms with E-state index in [0.29, 0.717) is 6.04 Å². The van der Waals surface area contributed by atoms with Crippen molar-refractivity contribution < 1.29 is 0 Å². The number of fused-ring (bicyclic) bond motifs is 1. The van der Waals surface area contributed by atoms with E-state index in [-0.39, 0.29) is 0 Å². The van der Waals surface area contributed by atoms with Crippen molar-refractivity contribution in [1.29, 1.82) is 0 Å². The van der Waals surface area contributed by atoms with Gasteiger partial charge in [0.2, 0.25) is 0 Å². The van der Waals surface area contributed by atoms with Crippen molar-refractivity contribution in [2.24, 2.45) is 17.6 Å². The zero-order chi connectivity index (χ0) is 7.68. The van der Waals surface area contributed by atoms with E-state index in [9.17, 15) is 0 Å². The highest BCUT2D eigenvalue weighted by Crippen LogP contribution is 2.39. The SMILES string of the molecule is N[C@@H]1CCC[C@@H]2CCCC[C@H]21. The van der Waals surface area contributed by atoms with Crippen molar-refractivity contribution in [3.05, 3.63) is 0 Å². The van der Waals surface area contributed by atoms with E-state index in [2.05, 4.69) is 0 Å². The van der Waals surface area contributed by atoms with Gasteiger partial charge in [-0.2, -0.15) is 0 Å². The molecule has 11 heavy (non-hydrogen) atoms. The minimum atomic E-state index is 0.550. The van der Waals surface area contributed by atoms with Gasteiger partial charge >= 0.3 is 0 Å². The standard InChI is InChI=1S/C10H19N/c11-10-7-3-5-8-4-1-2-6-9(8)10/h8-10H,1-7,11H2/t8-,9+,10+/m0/s1. The maximum atomic E-state index is 6.09. The maximum Gasteiger partial charge on any atom is 0.00698 e. The highest BCUT2D eigenvalue weighted by Gasteiger charge is 2.32. The van der Waals surface area contributed by atoms with Gasteiger partial charge in [0.15, 0.2) is 0 Å². The van der Waals surface area contributed by atoms with E-state index in [1.807, 2.05) is 0 Å². The normalized spacial score (nSPS) is 45.0. The molecule has 0 spiro atoms. The molecule has 0 bridgehead atoms. The van der Waals surface area contributed by atoms with Crippen LogP contribution in [-0.4, -0.2) is 6.04 Å². The van der Waals surface area contributed by atoms with Crippen LogP contribution in [0.1, 0.15) is 44.9 Å². The first kappa shape index (κ1) is 7.60. The van der Waals surface area contributed by atoms with Gasteiger partial charge in [-0.1, -0.05) is 32.1 Å². The summed E-state index contributed by atoms with van der Waals surface area (Å²) in [5, 5.41) is 0.